The van der Waals surface area contributed by atoms with Crippen molar-refractivity contribution >= 4 is 65.8 Å². The zero-order chi connectivity index (χ0) is 11.7. The van der Waals surface area contributed by atoms with Crippen LogP contribution in [0.2, 0.25) is 0 Å². The molecule has 0 aliphatic carbocycles. The summed E-state index contributed by atoms with van der Waals surface area (Å²) in [6.07, 6.45) is 0. The molecule has 1 aromatic carbocycles. The quantitative estimate of drug-likeness (QED) is 0.616. The first-order valence-corrected chi connectivity index (χ1v) is 8.02. The van der Waals surface area contributed by atoms with Crippen molar-refractivity contribution in [2.45, 2.75) is 6.04 Å². The second kappa shape index (κ2) is 5.48. The van der Waals surface area contributed by atoms with Gasteiger partial charge in [0.2, 0.25) is 0 Å². The number of nitrogens with two attached hydrogens (primary N) is 1. The molecule has 0 bridgehead atoms. The van der Waals surface area contributed by atoms with Crippen LogP contribution >= 0.6 is 65.8 Å². The van der Waals surface area contributed by atoms with Crippen LogP contribution in [0.25, 0.3) is 0 Å². The van der Waals surface area contributed by atoms with E-state index in [1.807, 2.05) is 0 Å². The minimum Gasteiger partial charge on any atom is -0.320 e. The minimum absolute atomic E-state index is 0.0751. The van der Waals surface area contributed by atoms with E-state index in [0.29, 0.717) is 0 Å². The van der Waals surface area contributed by atoms with Crippen molar-refractivity contribution in [2.75, 3.05) is 0 Å². The fourth-order valence-electron chi connectivity index (χ4n) is 1.41. The summed E-state index contributed by atoms with van der Waals surface area (Å²) in [5.41, 5.74) is 8.49. The van der Waals surface area contributed by atoms with Gasteiger partial charge in [0.1, 0.15) is 0 Å². The second-order valence-electron chi connectivity index (χ2n) is 3.31. The molecule has 0 fully saturated rings. The highest BCUT2D eigenvalue weighted by Crippen LogP contribution is 2.36. The molecule has 0 saturated heterocycles. The molecule has 0 aliphatic rings. The summed E-state index contributed by atoms with van der Waals surface area (Å²) in [4.78, 5) is 0. The molecule has 2 rings (SSSR count). The Balaban J connectivity index is 2.35. The van der Waals surface area contributed by atoms with E-state index in [0.717, 1.165) is 18.7 Å². The molecule has 2 N–H and O–H groups in total. The van der Waals surface area contributed by atoms with Crippen LogP contribution in [-0.2, 0) is 0 Å². The molecule has 0 radical (unpaired) electrons. The van der Waals surface area contributed by atoms with Gasteiger partial charge in [-0.15, -0.1) is 11.3 Å². The van der Waals surface area contributed by atoms with E-state index in [1.165, 1.54) is 3.57 Å². The minimum atomic E-state index is -0.0751. The number of thiophene rings is 1. The molecular weight excluding hydrogens is 465 g/mol. The van der Waals surface area contributed by atoms with Crippen LogP contribution in [0.1, 0.15) is 17.2 Å². The Bertz CT molecular complexity index is 495. The van der Waals surface area contributed by atoms with Gasteiger partial charge in [-0.05, 0) is 83.8 Å². The highest BCUT2D eigenvalue weighted by molar-refractivity contribution is 14.1. The maximum Gasteiger partial charge on any atom is 0.0761 e. The van der Waals surface area contributed by atoms with Gasteiger partial charge < -0.3 is 5.73 Å². The van der Waals surface area contributed by atoms with Gasteiger partial charge in [-0.2, -0.15) is 0 Å². The molecule has 84 valence electrons. The van der Waals surface area contributed by atoms with E-state index < -0.39 is 0 Å². The van der Waals surface area contributed by atoms with Crippen molar-refractivity contribution in [3.8, 4) is 0 Å². The lowest BCUT2D eigenvalue weighted by Crippen LogP contribution is -2.11. The van der Waals surface area contributed by atoms with Gasteiger partial charge >= 0.3 is 0 Å². The van der Waals surface area contributed by atoms with E-state index in [4.69, 9.17) is 5.73 Å². The average Bonchev–Trinajstić information content (AvgIpc) is 2.58. The average molecular weight is 473 g/mol. The van der Waals surface area contributed by atoms with Crippen LogP contribution in [0.15, 0.2) is 37.9 Å². The normalized spacial score (nSPS) is 12.8. The maximum absolute atomic E-state index is 6.23. The van der Waals surface area contributed by atoms with E-state index in [1.54, 1.807) is 11.3 Å². The van der Waals surface area contributed by atoms with Gasteiger partial charge in [0.25, 0.3) is 0 Å². The third-order valence-electron chi connectivity index (χ3n) is 2.25. The SMILES string of the molecule is NC(c1ccc(I)cc1)c1cc(Br)sc1Br. The van der Waals surface area contributed by atoms with Gasteiger partial charge in [-0.3, -0.25) is 0 Å². The Hall–Kier alpha value is 0.570. The van der Waals surface area contributed by atoms with Crippen molar-refractivity contribution in [1.82, 2.24) is 0 Å². The molecule has 0 spiro atoms. The number of rotatable bonds is 2. The molecule has 1 aromatic heterocycles. The molecule has 1 atom stereocenters. The zero-order valence-electron chi connectivity index (χ0n) is 8.08. The molecule has 5 heteroatoms. The van der Waals surface area contributed by atoms with Crippen LogP contribution in [-0.4, -0.2) is 0 Å². The van der Waals surface area contributed by atoms with Gasteiger partial charge in [-0.1, -0.05) is 12.1 Å². The fraction of sp³-hybridized carbons (Fsp3) is 0.0909. The smallest absolute Gasteiger partial charge is 0.0761 e. The first-order valence-electron chi connectivity index (χ1n) is 4.53. The predicted octanol–water partition coefficient (Wildman–Crippen LogP) is 4.93. The lowest BCUT2D eigenvalue weighted by atomic mass is 10.0. The van der Waals surface area contributed by atoms with E-state index >= 15 is 0 Å². The van der Waals surface area contributed by atoms with Gasteiger partial charge in [-0.25, -0.2) is 0 Å². The van der Waals surface area contributed by atoms with Crippen LogP contribution < -0.4 is 5.73 Å². The summed E-state index contributed by atoms with van der Waals surface area (Å²) in [5, 5.41) is 0. The molecule has 16 heavy (non-hydrogen) atoms. The standard InChI is InChI=1S/C11H8Br2INS/c12-9-5-8(11(13)16-9)10(15)6-1-3-7(14)4-2-6/h1-5,10H,15H2. The van der Waals surface area contributed by atoms with Crippen LogP contribution in [0.5, 0.6) is 0 Å². The molecular formula is C11H8Br2INS. The number of hydrogen-bond acceptors (Lipinski definition) is 2. The highest BCUT2D eigenvalue weighted by Gasteiger charge is 2.14. The van der Waals surface area contributed by atoms with E-state index in [-0.39, 0.29) is 6.04 Å². The largest absolute Gasteiger partial charge is 0.320 e. The molecule has 2 aromatic rings. The maximum atomic E-state index is 6.23. The first-order chi connectivity index (χ1) is 7.58. The lowest BCUT2D eigenvalue weighted by molar-refractivity contribution is 0.872. The third-order valence-corrected chi connectivity index (χ3v) is 5.35. The molecule has 0 aliphatic heterocycles. The van der Waals surface area contributed by atoms with Crippen molar-refractivity contribution in [3.63, 3.8) is 0 Å². The molecule has 1 heterocycles. The number of benzene rings is 1. The van der Waals surface area contributed by atoms with Gasteiger partial charge in [0.15, 0.2) is 0 Å². The Morgan fingerprint density at radius 1 is 1.19 bits per heavy atom. The number of halogens is 3. The van der Waals surface area contributed by atoms with E-state index in [2.05, 4.69) is 84.8 Å². The Kier molecular flexibility index (Phi) is 4.45. The Labute approximate surface area is 129 Å². The van der Waals surface area contributed by atoms with Crippen LogP contribution in [0.4, 0.5) is 0 Å². The van der Waals surface area contributed by atoms with Gasteiger partial charge in [0.05, 0.1) is 13.6 Å². The molecule has 1 nitrogen and oxygen atoms in total. The fourth-order valence-corrected chi connectivity index (χ4v) is 4.70. The summed E-state index contributed by atoms with van der Waals surface area (Å²) in [6.45, 7) is 0. The monoisotopic (exact) mass is 471 g/mol. The van der Waals surface area contributed by atoms with Crippen molar-refractivity contribution < 1.29 is 0 Å². The topological polar surface area (TPSA) is 26.0 Å². The summed E-state index contributed by atoms with van der Waals surface area (Å²) >= 11 is 10.9. The van der Waals surface area contributed by atoms with Crippen molar-refractivity contribution in [2.24, 2.45) is 5.73 Å². The van der Waals surface area contributed by atoms with Crippen molar-refractivity contribution in [1.29, 1.82) is 0 Å². The van der Waals surface area contributed by atoms with Crippen LogP contribution in [0.3, 0.4) is 0 Å². The Morgan fingerprint density at radius 2 is 1.81 bits per heavy atom. The molecule has 0 saturated carbocycles. The predicted molar refractivity (Wildman–Crippen MR) is 84.9 cm³/mol. The van der Waals surface area contributed by atoms with Gasteiger partial charge in [0, 0.05) is 3.57 Å². The van der Waals surface area contributed by atoms with Crippen molar-refractivity contribution in [3.05, 3.63) is 52.6 Å². The number of hydrogen-bond donors (Lipinski definition) is 1. The molecule has 1 unspecified atom stereocenters. The van der Waals surface area contributed by atoms with Crippen LogP contribution in [0, 0.1) is 3.57 Å². The Morgan fingerprint density at radius 3 is 2.31 bits per heavy atom. The summed E-state index contributed by atoms with van der Waals surface area (Å²) in [5.74, 6) is 0. The zero-order valence-corrected chi connectivity index (χ0v) is 14.2. The first kappa shape index (κ1) is 13.0. The lowest BCUT2D eigenvalue weighted by Gasteiger charge is -2.11. The van der Waals surface area contributed by atoms with E-state index in [9.17, 15) is 0 Å². The summed E-state index contributed by atoms with van der Waals surface area (Å²) in [6, 6.07) is 10.3. The third kappa shape index (κ3) is 2.87. The molecule has 0 amide bonds. The summed E-state index contributed by atoms with van der Waals surface area (Å²) in [7, 11) is 0. The second-order valence-corrected chi connectivity index (χ2v) is 8.30. The highest BCUT2D eigenvalue weighted by atomic mass is 127. The summed E-state index contributed by atoms with van der Waals surface area (Å²) < 4.78 is 3.40.